The Labute approximate surface area is 167 Å². The Balaban J connectivity index is 1.27. The fraction of sp³-hybridized carbons (Fsp3) is 0.458. The molecular formula is C24H29NO3. The second-order valence-electron chi connectivity index (χ2n) is 7.93. The fourth-order valence-corrected chi connectivity index (χ4v) is 4.45. The lowest BCUT2D eigenvalue weighted by atomic mass is 9.81. The molecule has 4 rings (SSSR count). The lowest BCUT2D eigenvalue weighted by Gasteiger charge is -2.48. The van der Waals surface area contributed by atoms with Crippen molar-refractivity contribution in [2.75, 3.05) is 19.8 Å². The summed E-state index contributed by atoms with van der Waals surface area (Å²) in [5.41, 5.74) is 2.48. The van der Waals surface area contributed by atoms with E-state index in [0.29, 0.717) is 37.5 Å². The van der Waals surface area contributed by atoms with Crippen molar-refractivity contribution in [1.82, 2.24) is 4.90 Å². The van der Waals surface area contributed by atoms with Gasteiger partial charge in [-0.3, -0.25) is 9.69 Å². The van der Waals surface area contributed by atoms with Gasteiger partial charge in [-0.2, -0.15) is 0 Å². The largest absolute Gasteiger partial charge is 0.378 e. The van der Waals surface area contributed by atoms with Gasteiger partial charge in [0.05, 0.1) is 26.4 Å². The number of nitrogens with zero attached hydrogens (tertiary/aromatic N) is 1. The molecule has 2 bridgehead atoms. The molecule has 28 heavy (non-hydrogen) atoms. The first-order chi connectivity index (χ1) is 13.8. The van der Waals surface area contributed by atoms with Gasteiger partial charge >= 0.3 is 0 Å². The van der Waals surface area contributed by atoms with Crippen LogP contribution in [0.2, 0.25) is 0 Å². The number of benzene rings is 2. The van der Waals surface area contributed by atoms with E-state index in [9.17, 15) is 4.79 Å². The molecule has 148 valence electrons. The van der Waals surface area contributed by atoms with Crippen molar-refractivity contribution in [3.05, 3.63) is 71.8 Å². The monoisotopic (exact) mass is 379 g/mol. The van der Waals surface area contributed by atoms with Gasteiger partial charge in [-0.25, -0.2) is 0 Å². The van der Waals surface area contributed by atoms with Crippen LogP contribution >= 0.6 is 0 Å². The van der Waals surface area contributed by atoms with Gasteiger partial charge in [0.25, 0.3) is 0 Å². The van der Waals surface area contributed by atoms with Crippen molar-refractivity contribution in [3.8, 4) is 0 Å². The molecule has 0 N–H and O–H groups in total. The molecule has 2 unspecified atom stereocenters. The number of carbonyl (C=O) groups is 1. The molecule has 2 atom stereocenters. The first-order valence-corrected chi connectivity index (χ1v) is 10.3. The lowest BCUT2D eigenvalue weighted by Crippen LogP contribution is -2.57. The number of Topliss-reactive ketones (excluding diaryl/α,β-unsaturated/α-hetero) is 1. The molecular weight excluding hydrogens is 350 g/mol. The highest BCUT2D eigenvalue weighted by Crippen LogP contribution is 2.33. The van der Waals surface area contributed by atoms with Crippen LogP contribution in [0.1, 0.15) is 30.4 Å². The number of rotatable bonds is 8. The minimum absolute atomic E-state index is 0.145. The summed E-state index contributed by atoms with van der Waals surface area (Å²) in [7, 11) is 0. The maximum atomic E-state index is 12.8. The number of hydrogen-bond donors (Lipinski definition) is 0. The third-order valence-electron chi connectivity index (χ3n) is 5.94. The molecule has 0 saturated carbocycles. The quantitative estimate of drug-likeness (QED) is 0.653. The summed E-state index contributed by atoms with van der Waals surface area (Å²) < 4.78 is 11.5. The van der Waals surface area contributed by atoms with Crippen molar-refractivity contribution < 1.29 is 14.3 Å². The van der Waals surface area contributed by atoms with E-state index in [1.165, 1.54) is 5.56 Å². The lowest BCUT2D eigenvalue weighted by molar-refractivity contribution is -0.134. The number of ether oxygens (including phenoxy) is 2. The van der Waals surface area contributed by atoms with Gasteiger partial charge in [-0.15, -0.1) is 0 Å². The zero-order valence-electron chi connectivity index (χ0n) is 16.3. The molecule has 0 amide bonds. The number of carbonyl (C=O) groups excluding carboxylic acids is 1. The first-order valence-electron chi connectivity index (χ1n) is 10.3. The second kappa shape index (κ2) is 9.46. The third-order valence-corrected chi connectivity index (χ3v) is 5.94. The Hall–Kier alpha value is -2.01. The van der Waals surface area contributed by atoms with Crippen LogP contribution in [0.5, 0.6) is 0 Å². The maximum Gasteiger partial charge on any atom is 0.138 e. The molecule has 2 aliphatic heterocycles. The van der Waals surface area contributed by atoms with Crippen molar-refractivity contribution in [2.24, 2.45) is 5.92 Å². The Morgan fingerprint density at radius 3 is 2.18 bits per heavy atom. The summed E-state index contributed by atoms with van der Waals surface area (Å²) in [5.74, 6) is 0.496. The second-order valence-corrected chi connectivity index (χ2v) is 7.93. The Kier molecular flexibility index (Phi) is 6.53. The topological polar surface area (TPSA) is 38.8 Å². The van der Waals surface area contributed by atoms with Crippen molar-refractivity contribution >= 4 is 5.78 Å². The molecule has 2 aliphatic rings. The molecule has 0 aliphatic carbocycles. The van der Waals surface area contributed by atoms with E-state index in [1.54, 1.807) is 0 Å². The van der Waals surface area contributed by atoms with E-state index in [1.807, 2.05) is 30.3 Å². The predicted octanol–water partition coefficient (Wildman–Crippen LogP) is 3.84. The molecule has 0 spiro atoms. The summed E-state index contributed by atoms with van der Waals surface area (Å²) in [4.78, 5) is 15.3. The van der Waals surface area contributed by atoms with Crippen LogP contribution in [0.3, 0.4) is 0 Å². The zero-order chi connectivity index (χ0) is 19.2. The number of hydrogen-bond acceptors (Lipinski definition) is 4. The molecule has 2 saturated heterocycles. The standard InChI is InChI=1S/C24H29NO3/c26-24(11-12-27-16-20-9-5-2-6-10-20)21-13-22-17-28-18-23(14-21)25(22)15-19-7-3-1-4-8-19/h1-10,21-23H,11-18H2. The molecule has 4 nitrogen and oxygen atoms in total. The average molecular weight is 380 g/mol. The number of ketones is 1. The maximum absolute atomic E-state index is 12.8. The van der Waals surface area contributed by atoms with Gasteiger partial charge in [0.15, 0.2) is 0 Å². The SMILES string of the molecule is O=C(CCOCc1ccccc1)C1CC2COCC(C1)N2Cc1ccccc1. The van der Waals surface area contributed by atoms with Crippen molar-refractivity contribution in [1.29, 1.82) is 0 Å². The van der Waals surface area contributed by atoms with E-state index < -0.39 is 0 Å². The normalized spacial score (nSPS) is 24.8. The van der Waals surface area contributed by atoms with E-state index in [2.05, 4.69) is 35.2 Å². The van der Waals surface area contributed by atoms with Crippen LogP contribution in [0, 0.1) is 5.92 Å². The highest BCUT2D eigenvalue weighted by molar-refractivity contribution is 5.81. The minimum atomic E-state index is 0.145. The van der Waals surface area contributed by atoms with Gasteiger partial charge in [-0.1, -0.05) is 60.7 Å². The summed E-state index contributed by atoms with van der Waals surface area (Å²) in [5, 5.41) is 0. The van der Waals surface area contributed by atoms with Gasteiger partial charge in [0, 0.05) is 31.0 Å². The smallest absolute Gasteiger partial charge is 0.138 e. The van der Waals surface area contributed by atoms with Crippen LogP contribution < -0.4 is 0 Å². The van der Waals surface area contributed by atoms with Gasteiger partial charge in [0.1, 0.15) is 5.78 Å². The summed E-state index contributed by atoms with van der Waals surface area (Å²) in [6.45, 7) is 3.49. The van der Waals surface area contributed by atoms with Crippen LogP contribution in [0.15, 0.2) is 60.7 Å². The zero-order valence-corrected chi connectivity index (χ0v) is 16.3. The highest BCUT2D eigenvalue weighted by atomic mass is 16.5. The third kappa shape index (κ3) is 4.88. The van der Waals surface area contributed by atoms with Gasteiger partial charge in [-0.05, 0) is 24.0 Å². The molecule has 2 fully saturated rings. The number of fused-ring (bicyclic) bond motifs is 2. The van der Waals surface area contributed by atoms with E-state index in [4.69, 9.17) is 9.47 Å². The van der Waals surface area contributed by atoms with E-state index in [0.717, 1.165) is 38.2 Å². The van der Waals surface area contributed by atoms with E-state index >= 15 is 0 Å². The summed E-state index contributed by atoms with van der Waals surface area (Å²) in [6, 6.07) is 21.4. The van der Waals surface area contributed by atoms with Crippen molar-refractivity contribution in [2.45, 2.75) is 44.5 Å². The summed E-state index contributed by atoms with van der Waals surface area (Å²) >= 11 is 0. The Bertz CT molecular complexity index is 735. The van der Waals surface area contributed by atoms with Gasteiger partial charge < -0.3 is 9.47 Å². The summed E-state index contributed by atoms with van der Waals surface area (Å²) in [6.07, 6.45) is 2.32. The van der Waals surface area contributed by atoms with Crippen LogP contribution in [-0.4, -0.2) is 42.6 Å². The highest BCUT2D eigenvalue weighted by Gasteiger charge is 2.40. The Morgan fingerprint density at radius 2 is 1.54 bits per heavy atom. The van der Waals surface area contributed by atoms with Crippen LogP contribution in [-0.2, 0) is 27.4 Å². The van der Waals surface area contributed by atoms with Crippen LogP contribution in [0.25, 0.3) is 0 Å². The molecule has 2 aromatic carbocycles. The average Bonchev–Trinajstić information content (AvgIpc) is 2.72. The first kappa shape index (κ1) is 19.3. The molecule has 2 heterocycles. The minimum Gasteiger partial charge on any atom is -0.378 e. The van der Waals surface area contributed by atoms with Crippen molar-refractivity contribution in [3.63, 3.8) is 0 Å². The predicted molar refractivity (Wildman–Crippen MR) is 109 cm³/mol. The number of morpholine rings is 1. The molecule has 0 aromatic heterocycles. The number of piperidine rings is 1. The van der Waals surface area contributed by atoms with Crippen LogP contribution in [0.4, 0.5) is 0 Å². The van der Waals surface area contributed by atoms with E-state index in [-0.39, 0.29) is 5.92 Å². The van der Waals surface area contributed by atoms with Gasteiger partial charge in [0.2, 0.25) is 0 Å². The fourth-order valence-electron chi connectivity index (χ4n) is 4.45. The molecule has 4 heteroatoms. The Morgan fingerprint density at radius 1 is 0.929 bits per heavy atom. The molecule has 2 aromatic rings. The molecule has 0 radical (unpaired) electrons.